The first-order valence-electron chi connectivity index (χ1n) is 9.71. The molecule has 0 atom stereocenters. The molecule has 1 saturated heterocycles. The highest BCUT2D eigenvalue weighted by molar-refractivity contribution is 5.93. The zero-order chi connectivity index (χ0) is 18.8. The Bertz CT molecular complexity index is 569. The second-order valence-electron chi connectivity index (χ2n) is 6.59. The maximum atomic E-state index is 5.56. The van der Waals surface area contributed by atoms with Crippen LogP contribution in [-0.2, 0) is 0 Å². The highest BCUT2D eigenvalue weighted by Gasteiger charge is 2.17. The molecule has 2 N–H and O–H groups in total. The van der Waals surface area contributed by atoms with Crippen molar-refractivity contribution in [1.29, 1.82) is 0 Å². The monoisotopic (exact) mass is 362 g/mol. The van der Waals surface area contributed by atoms with Crippen LogP contribution in [0.3, 0.4) is 0 Å². The number of hydrogen-bond acceptors (Lipinski definition) is 4. The van der Waals surface area contributed by atoms with Gasteiger partial charge in [0, 0.05) is 25.3 Å². The van der Waals surface area contributed by atoms with Gasteiger partial charge in [0.2, 0.25) is 0 Å². The number of aliphatic imine (C=N–C) groups is 1. The topological polar surface area (TPSA) is 58.1 Å². The fourth-order valence-corrected chi connectivity index (χ4v) is 3.32. The number of nitrogens with zero attached hydrogens (tertiary/aromatic N) is 2. The van der Waals surface area contributed by atoms with E-state index in [1.165, 1.54) is 38.9 Å². The van der Waals surface area contributed by atoms with Crippen LogP contribution in [0.2, 0.25) is 0 Å². The van der Waals surface area contributed by atoms with Crippen molar-refractivity contribution in [2.24, 2.45) is 10.9 Å². The Balaban J connectivity index is 1.80. The van der Waals surface area contributed by atoms with Crippen molar-refractivity contribution in [2.75, 3.05) is 52.3 Å². The first-order valence-corrected chi connectivity index (χ1v) is 9.71. The SMILES string of the molecule is CCOc1ccc(NC(=NC)NCCC2CCN(CC)CC2)cc1OC. The lowest BCUT2D eigenvalue weighted by atomic mass is 9.93. The van der Waals surface area contributed by atoms with Crippen LogP contribution in [0.4, 0.5) is 5.69 Å². The molecule has 1 aliphatic rings. The fourth-order valence-electron chi connectivity index (χ4n) is 3.32. The lowest BCUT2D eigenvalue weighted by Crippen LogP contribution is -2.36. The third-order valence-corrected chi connectivity index (χ3v) is 4.95. The normalized spacial score (nSPS) is 16.4. The van der Waals surface area contributed by atoms with Gasteiger partial charge in [-0.25, -0.2) is 0 Å². The number of nitrogens with one attached hydrogen (secondary N) is 2. The van der Waals surface area contributed by atoms with Gasteiger partial charge in [0.05, 0.1) is 13.7 Å². The molecule has 0 unspecified atom stereocenters. The summed E-state index contributed by atoms with van der Waals surface area (Å²) in [6.45, 7) is 9.40. The van der Waals surface area contributed by atoms with Crippen molar-refractivity contribution in [3.63, 3.8) is 0 Å². The molecule has 1 aromatic rings. The van der Waals surface area contributed by atoms with E-state index >= 15 is 0 Å². The predicted octanol–water partition coefficient (Wildman–Crippen LogP) is 3.20. The number of anilines is 1. The molecule has 6 heteroatoms. The average molecular weight is 363 g/mol. The Morgan fingerprint density at radius 1 is 1.23 bits per heavy atom. The van der Waals surface area contributed by atoms with Gasteiger partial charge in [-0.2, -0.15) is 0 Å². The van der Waals surface area contributed by atoms with Crippen molar-refractivity contribution >= 4 is 11.6 Å². The number of piperidine rings is 1. The molecular formula is C20H34N4O2. The van der Waals surface area contributed by atoms with Crippen molar-refractivity contribution in [2.45, 2.75) is 33.1 Å². The van der Waals surface area contributed by atoms with Crippen LogP contribution >= 0.6 is 0 Å². The molecule has 1 heterocycles. The summed E-state index contributed by atoms with van der Waals surface area (Å²) in [6, 6.07) is 5.82. The van der Waals surface area contributed by atoms with Crippen molar-refractivity contribution in [3.8, 4) is 11.5 Å². The van der Waals surface area contributed by atoms with Gasteiger partial charge < -0.3 is 25.0 Å². The van der Waals surface area contributed by atoms with Crippen LogP contribution in [-0.4, -0.2) is 57.8 Å². The lowest BCUT2D eigenvalue weighted by molar-refractivity contribution is 0.187. The van der Waals surface area contributed by atoms with E-state index in [1.54, 1.807) is 14.2 Å². The van der Waals surface area contributed by atoms with E-state index < -0.39 is 0 Å². The maximum Gasteiger partial charge on any atom is 0.195 e. The number of rotatable bonds is 8. The van der Waals surface area contributed by atoms with Gasteiger partial charge in [-0.1, -0.05) is 6.92 Å². The molecule has 26 heavy (non-hydrogen) atoms. The molecule has 1 aromatic carbocycles. The molecule has 0 spiro atoms. The first kappa shape index (κ1) is 20.4. The number of benzene rings is 1. The highest BCUT2D eigenvalue weighted by atomic mass is 16.5. The van der Waals surface area contributed by atoms with E-state index in [9.17, 15) is 0 Å². The number of ether oxygens (including phenoxy) is 2. The summed E-state index contributed by atoms with van der Waals surface area (Å²) in [5.41, 5.74) is 0.926. The lowest BCUT2D eigenvalue weighted by Gasteiger charge is -2.31. The Kier molecular flexibility index (Phi) is 8.54. The smallest absolute Gasteiger partial charge is 0.195 e. The first-order chi connectivity index (χ1) is 12.7. The van der Waals surface area contributed by atoms with Crippen LogP contribution < -0.4 is 20.1 Å². The minimum absolute atomic E-state index is 0.615. The predicted molar refractivity (Wildman–Crippen MR) is 109 cm³/mol. The third kappa shape index (κ3) is 6.09. The van der Waals surface area contributed by atoms with E-state index in [2.05, 4.69) is 27.4 Å². The number of hydrogen-bond donors (Lipinski definition) is 2. The number of likely N-dealkylation sites (tertiary alicyclic amines) is 1. The Hall–Kier alpha value is -1.95. The fraction of sp³-hybridized carbons (Fsp3) is 0.650. The molecule has 146 valence electrons. The van der Waals surface area contributed by atoms with E-state index in [0.717, 1.165) is 35.6 Å². The van der Waals surface area contributed by atoms with E-state index in [1.807, 2.05) is 25.1 Å². The molecule has 0 amide bonds. The largest absolute Gasteiger partial charge is 0.493 e. The standard InChI is InChI=1S/C20H34N4O2/c1-5-24-13-10-16(11-14-24)9-12-22-20(21-3)23-17-7-8-18(26-6-2)19(15-17)25-4/h7-8,15-16H,5-6,9-14H2,1-4H3,(H2,21,22,23). The minimum Gasteiger partial charge on any atom is -0.493 e. The van der Waals surface area contributed by atoms with Crippen LogP contribution in [0.25, 0.3) is 0 Å². The quantitative estimate of drug-likeness (QED) is 0.549. The van der Waals surface area contributed by atoms with Gasteiger partial charge in [-0.05, 0) is 63.9 Å². The van der Waals surface area contributed by atoms with Gasteiger partial charge in [0.15, 0.2) is 17.5 Å². The average Bonchev–Trinajstić information content (AvgIpc) is 2.68. The second kappa shape index (κ2) is 10.9. The van der Waals surface area contributed by atoms with Crippen molar-refractivity contribution < 1.29 is 9.47 Å². The molecule has 0 saturated carbocycles. The zero-order valence-electron chi connectivity index (χ0n) is 16.7. The van der Waals surface area contributed by atoms with E-state index in [-0.39, 0.29) is 0 Å². The molecule has 0 aromatic heterocycles. The van der Waals surface area contributed by atoms with Crippen LogP contribution in [0.15, 0.2) is 23.2 Å². The van der Waals surface area contributed by atoms with Gasteiger partial charge in [0.1, 0.15) is 0 Å². The minimum atomic E-state index is 0.615. The molecule has 6 nitrogen and oxygen atoms in total. The molecule has 0 bridgehead atoms. The molecule has 0 radical (unpaired) electrons. The summed E-state index contributed by atoms with van der Waals surface area (Å²) in [5.74, 6) is 3.06. The summed E-state index contributed by atoms with van der Waals surface area (Å²) in [4.78, 5) is 6.85. The van der Waals surface area contributed by atoms with Gasteiger partial charge in [0.25, 0.3) is 0 Å². The molecule has 1 fully saturated rings. The maximum absolute atomic E-state index is 5.56. The van der Waals surface area contributed by atoms with Crippen LogP contribution in [0.5, 0.6) is 11.5 Å². The number of methoxy groups -OCH3 is 1. The third-order valence-electron chi connectivity index (χ3n) is 4.95. The van der Waals surface area contributed by atoms with Crippen molar-refractivity contribution in [1.82, 2.24) is 10.2 Å². The second-order valence-corrected chi connectivity index (χ2v) is 6.59. The van der Waals surface area contributed by atoms with E-state index in [4.69, 9.17) is 9.47 Å². The zero-order valence-corrected chi connectivity index (χ0v) is 16.7. The van der Waals surface area contributed by atoms with Gasteiger partial charge in [-0.15, -0.1) is 0 Å². The summed E-state index contributed by atoms with van der Waals surface area (Å²) >= 11 is 0. The Labute approximate surface area is 158 Å². The Morgan fingerprint density at radius 3 is 2.62 bits per heavy atom. The van der Waals surface area contributed by atoms with E-state index in [0.29, 0.717) is 6.61 Å². The summed E-state index contributed by atoms with van der Waals surface area (Å²) in [6.07, 6.45) is 3.79. The molecule has 0 aliphatic carbocycles. The summed E-state index contributed by atoms with van der Waals surface area (Å²) < 4.78 is 11.0. The van der Waals surface area contributed by atoms with Gasteiger partial charge >= 0.3 is 0 Å². The van der Waals surface area contributed by atoms with Gasteiger partial charge in [-0.3, -0.25) is 4.99 Å². The molecular weight excluding hydrogens is 328 g/mol. The van der Waals surface area contributed by atoms with Crippen molar-refractivity contribution in [3.05, 3.63) is 18.2 Å². The summed E-state index contributed by atoms with van der Waals surface area (Å²) in [7, 11) is 3.44. The Morgan fingerprint density at radius 2 is 2.00 bits per heavy atom. The highest BCUT2D eigenvalue weighted by Crippen LogP contribution is 2.30. The molecule has 1 aliphatic heterocycles. The summed E-state index contributed by atoms with van der Waals surface area (Å²) in [5, 5.41) is 6.74. The molecule has 2 rings (SSSR count). The number of guanidine groups is 1. The van der Waals surface area contributed by atoms with Crippen LogP contribution in [0.1, 0.15) is 33.1 Å². The van der Waals surface area contributed by atoms with Crippen LogP contribution in [0, 0.1) is 5.92 Å².